The molecule has 1 aliphatic heterocycles. The van der Waals surface area contributed by atoms with Gasteiger partial charge in [0, 0.05) is 11.6 Å². The van der Waals surface area contributed by atoms with Crippen LogP contribution in [0.3, 0.4) is 0 Å². The van der Waals surface area contributed by atoms with E-state index in [0.717, 1.165) is 29.2 Å². The fourth-order valence-electron chi connectivity index (χ4n) is 3.27. The standard InChI is InChI=1S/C21H25ClN2O2/c1-16-7-9-19(10-8-16)26-15-21(25)23-14-20(24-11-2-3-12-24)17-5-4-6-18(22)13-17/h4-10,13,20H,2-3,11-12,14-15H2,1H3,(H,23,25). The fourth-order valence-corrected chi connectivity index (χ4v) is 3.47. The van der Waals surface area contributed by atoms with Gasteiger partial charge in [0.05, 0.1) is 6.04 Å². The van der Waals surface area contributed by atoms with E-state index in [9.17, 15) is 4.79 Å². The van der Waals surface area contributed by atoms with E-state index < -0.39 is 0 Å². The third kappa shape index (κ3) is 5.23. The van der Waals surface area contributed by atoms with Gasteiger partial charge < -0.3 is 10.1 Å². The number of carbonyl (C=O) groups is 1. The first-order valence-corrected chi connectivity index (χ1v) is 9.45. The molecular weight excluding hydrogens is 348 g/mol. The lowest BCUT2D eigenvalue weighted by Crippen LogP contribution is -2.38. The van der Waals surface area contributed by atoms with Gasteiger partial charge in [-0.15, -0.1) is 0 Å². The predicted octanol–water partition coefficient (Wildman–Crippen LogP) is 3.98. The molecule has 138 valence electrons. The summed E-state index contributed by atoms with van der Waals surface area (Å²) >= 11 is 6.16. The number of halogens is 1. The van der Waals surface area contributed by atoms with Gasteiger partial charge in [-0.2, -0.15) is 0 Å². The number of carbonyl (C=O) groups excluding carboxylic acids is 1. The summed E-state index contributed by atoms with van der Waals surface area (Å²) < 4.78 is 5.56. The second-order valence-corrected chi connectivity index (χ2v) is 7.16. The Hall–Kier alpha value is -2.04. The molecular formula is C21H25ClN2O2. The maximum atomic E-state index is 12.2. The molecule has 4 nitrogen and oxygen atoms in total. The van der Waals surface area contributed by atoms with Crippen LogP contribution in [0.15, 0.2) is 48.5 Å². The Balaban J connectivity index is 1.56. The van der Waals surface area contributed by atoms with Gasteiger partial charge in [0.25, 0.3) is 5.91 Å². The summed E-state index contributed by atoms with van der Waals surface area (Å²) in [6.07, 6.45) is 2.39. The number of rotatable bonds is 7. The molecule has 2 aromatic rings. The maximum Gasteiger partial charge on any atom is 0.258 e. The van der Waals surface area contributed by atoms with Gasteiger partial charge in [0.1, 0.15) is 5.75 Å². The highest BCUT2D eigenvalue weighted by Crippen LogP contribution is 2.26. The maximum absolute atomic E-state index is 12.2. The summed E-state index contributed by atoms with van der Waals surface area (Å²) in [6, 6.07) is 15.7. The van der Waals surface area contributed by atoms with E-state index in [1.54, 1.807) is 0 Å². The third-order valence-electron chi connectivity index (χ3n) is 4.70. The fraction of sp³-hybridized carbons (Fsp3) is 0.381. The van der Waals surface area contributed by atoms with Gasteiger partial charge in [0.15, 0.2) is 6.61 Å². The first kappa shape index (κ1) is 18.7. The zero-order chi connectivity index (χ0) is 18.4. The van der Waals surface area contributed by atoms with Gasteiger partial charge in [-0.1, -0.05) is 41.4 Å². The van der Waals surface area contributed by atoms with Crippen LogP contribution in [-0.2, 0) is 4.79 Å². The summed E-state index contributed by atoms with van der Waals surface area (Å²) in [5.74, 6) is 0.591. The predicted molar refractivity (Wildman–Crippen MR) is 105 cm³/mol. The lowest BCUT2D eigenvalue weighted by molar-refractivity contribution is -0.123. The molecule has 1 unspecified atom stereocenters. The number of amides is 1. The van der Waals surface area contributed by atoms with Crippen molar-refractivity contribution in [3.8, 4) is 5.75 Å². The van der Waals surface area contributed by atoms with Gasteiger partial charge in [-0.05, 0) is 62.7 Å². The number of aryl methyl sites for hydroxylation is 1. The largest absolute Gasteiger partial charge is 0.484 e. The topological polar surface area (TPSA) is 41.6 Å². The van der Waals surface area contributed by atoms with Crippen LogP contribution < -0.4 is 10.1 Å². The third-order valence-corrected chi connectivity index (χ3v) is 4.93. The number of hydrogen-bond acceptors (Lipinski definition) is 3. The Morgan fingerprint density at radius 2 is 1.92 bits per heavy atom. The normalized spacial score (nSPS) is 15.6. The lowest BCUT2D eigenvalue weighted by Gasteiger charge is -2.28. The molecule has 0 saturated carbocycles. The number of benzene rings is 2. The van der Waals surface area contributed by atoms with Crippen LogP contribution in [0.2, 0.25) is 5.02 Å². The Bertz CT molecular complexity index is 727. The summed E-state index contributed by atoms with van der Waals surface area (Å²) in [6.45, 7) is 4.69. The van der Waals surface area contributed by atoms with Crippen molar-refractivity contribution in [3.05, 3.63) is 64.7 Å². The molecule has 26 heavy (non-hydrogen) atoms. The SMILES string of the molecule is Cc1ccc(OCC(=O)NCC(c2cccc(Cl)c2)N2CCCC2)cc1. The average molecular weight is 373 g/mol. The second-order valence-electron chi connectivity index (χ2n) is 6.72. The highest BCUT2D eigenvalue weighted by molar-refractivity contribution is 6.30. The van der Waals surface area contributed by atoms with Crippen LogP contribution >= 0.6 is 11.6 Å². The molecule has 1 saturated heterocycles. The minimum atomic E-state index is -0.114. The molecule has 0 aromatic heterocycles. The molecule has 3 rings (SSSR count). The van der Waals surface area contributed by atoms with Crippen LogP contribution in [0.25, 0.3) is 0 Å². The molecule has 2 aromatic carbocycles. The summed E-state index contributed by atoms with van der Waals surface area (Å²) in [5, 5.41) is 3.73. The molecule has 1 N–H and O–H groups in total. The zero-order valence-corrected chi connectivity index (χ0v) is 15.8. The van der Waals surface area contributed by atoms with Crippen LogP contribution in [0.1, 0.15) is 30.0 Å². The molecule has 0 aliphatic carbocycles. The average Bonchev–Trinajstić information content (AvgIpc) is 3.16. The number of ether oxygens (including phenoxy) is 1. The minimum Gasteiger partial charge on any atom is -0.484 e. The molecule has 1 atom stereocenters. The highest BCUT2D eigenvalue weighted by atomic mass is 35.5. The van der Waals surface area contributed by atoms with E-state index in [-0.39, 0.29) is 18.6 Å². The van der Waals surface area contributed by atoms with Crippen molar-refractivity contribution in [2.24, 2.45) is 0 Å². The van der Waals surface area contributed by atoms with E-state index in [2.05, 4.69) is 16.3 Å². The van der Waals surface area contributed by atoms with Gasteiger partial charge in [0.2, 0.25) is 0 Å². The van der Waals surface area contributed by atoms with Crippen LogP contribution in [-0.4, -0.2) is 37.0 Å². The van der Waals surface area contributed by atoms with Crippen molar-refractivity contribution in [1.82, 2.24) is 10.2 Å². The van der Waals surface area contributed by atoms with Gasteiger partial charge in [-0.25, -0.2) is 0 Å². The van der Waals surface area contributed by atoms with Crippen LogP contribution in [0, 0.1) is 6.92 Å². The Morgan fingerprint density at radius 3 is 2.62 bits per heavy atom. The van der Waals surface area contributed by atoms with E-state index >= 15 is 0 Å². The van der Waals surface area contributed by atoms with E-state index in [1.807, 2.05) is 49.4 Å². The van der Waals surface area contributed by atoms with Gasteiger partial charge in [-0.3, -0.25) is 9.69 Å². The Kier molecular flexibility index (Phi) is 6.53. The monoisotopic (exact) mass is 372 g/mol. The number of nitrogens with zero attached hydrogens (tertiary/aromatic N) is 1. The van der Waals surface area contributed by atoms with E-state index in [0.29, 0.717) is 12.3 Å². The minimum absolute atomic E-state index is 0.0192. The molecule has 0 bridgehead atoms. The molecule has 1 amide bonds. The summed E-state index contributed by atoms with van der Waals surface area (Å²) in [4.78, 5) is 14.6. The molecule has 1 aliphatic rings. The molecule has 0 spiro atoms. The second kappa shape index (κ2) is 9.06. The van der Waals surface area contributed by atoms with Crippen molar-refractivity contribution in [3.63, 3.8) is 0 Å². The number of likely N-dealkylation sites (tertiary alicyclic amines) is 1. The number of nitrogens with one attached hydrogen (secondary N) is 1. The highest BCUT2D eigenvalue weighted by Gasteiger charge is 2.24. The summed E-state index contributed by atoms with van der Waals surface area (Å²) in [7, 11) is 0. The first-order valence-electron chi connectivity index (χ1n) is 9.07. The van der Waals surface area contributed by atoms with E-state index in [4.69, 9.17) is 16.3 Å². The van der Waals surface area contributed by atoms with Crippen LogP contribution in [0.4, 0.5) is 0 Å². The smallest absolute Gasteiger partial charge is 0.258 e. The van der Waals surface area contributed by atoms with Crippen LogP contribution in [0.5, 0.6) is 5.75 Å². The first-order chi connectivity index (χ1) is 12.6. The molecule has 1 heterocycles. The Labute approximate surface area is 160 Å². The van der Waals surface area contributed by atoms with Crippen molar-refractivity contribution >= 4 is 17.5 Å². The number of hydrogen-bond donors (Lipinski definition) is 1. The van der Waals surface area contributed by atoms with Crippen molar-refractivity contribution < 1.29 is 9.53 Å². The Morgan fingerprint density at radius 1 is 1.19 bits per heavy atom. The van der Waals surface area contributed by atoms with Crippen molar-refractivity contribution in [2.45, 2.75) is 25.8 Å². The molecule has 0 radical (unpaired) electrons. The summed E-state index contributed by atoms with van der Waals surface area (Å²) in [5.41, 5.74) is 2.30. The van der Waals surface area contributed by atoms with E-state index in [1.165, 1.54) is 12.8 Å². The molecule has 5 heteroatoms. The lowest BCUT2D eigenvalue weighted by atomic mass is 10.1. The van der Waals surface area contributed by atoms with Crippen molar-refractivity contribution in [2.75, 3.05) is 26.2 Å². The zero-order valence-electron chi connectivity index (χ0n) is 15.1. The van der Waals surface area contributed by atoms with Crippen molar-refractivity contribution in [1.29, 1.82) is 0 Å². The van der Waals surface area contributed by atoms with Gasteiger partial charge >= 0.3 is 0 Å². The quantitative estimate of drug-likeness (QED) is 0.799. The molecule has 1 fully saturated rings.